The number of fused-ring (bicyclic) bond motifs is 3. The summed E-state index contributed by atoms with van der Waals surface area (Å²) in [5.74, 6) is 2.41. The highest BCUT2D eigenvalue weighted by Gasteiger charge is 2.14. The average Bonchev–Trinajstić information content (AvgIpc) is 3.38. The molecule has 2 heterocycles. The summed E-state index contributed by atoms with van der Waals surface area (Å²) in [7, 11) is 4.59. The van der Waals surface area contributed by atoms with Crippen molar-refractivity contribution in [1.82, 2.24) is 9.97 Å². The number of benzene rings is 3. The summed E-state index contributed by atoms with van der Waals surface area (Å²) in [5.41, 5.74) is 4.75. The molecule has 0 unspecified atom stereocenters. The lowest BCUT2D eigenvalue weighted by molar-refractivity contribution is -0.134. The Labute approximate surface area is 232 Å². The van der Waals surface area contributed by atoms with Crippen LogP contribution in [-0.4, -0.2) is 50.4 Å². The fourth-order valence-corrected chi connectivity index (χ4v) is 4.50. The van der Waals surface area contributed by atoms with E-state index >= 15 is 0 Å². The molecule has 40 heavy (non-hydrogen) atoms. The number of nitrogens with one attached hydrogen (secondary N) is 2. The SMILES string of the molecule is COC(=O)/C=C/c1ccc(OCCCNc2cc3c([nH]c4ccccc43)c(-c3ccc(OC)cc3)n2)c(OC)c1. The van der Waals surface area contributed by atoms with Crippen molar-refractivity contribution in [3.63, 3.8) is 0 Å². The molecule has 8 nitrogen and oxygen atoms in total. The van der Waals surface area contributed by atoms with Gasteiger partial charge in [0.25, 0.3) is 0 Å². The number of H-pyrrole nitrogens is 1. The van der Waals surface area contributed by atoms with Crippen LogP contribution in [0.25, 0.3) is 39.1 Å². The minimum absolute atomic E-state index is 0.416. The van der Waals surface area contributed by atoms with Crippen LogP contribution in [0, 0.1) is 0 Å². The van der Waals surface area contributed by atoms with Crippen LogP contribution >= 0.6 is 0 Å². The number of rotatable bonds is 11. The van der Waals surface area contributed by atoms with Crippen LogP contribution in [0.5, 0.6) is 17.2 Å². The summed E-state index contributed by atoms with van der Waals surface area (Å²) in [5, 5.41) is 5.73. The van der Waals surface area contributed by atoms with Gasteiger partial charge in [-0.05, 0) is 66.6 Å². The Balaban J connectivity index is 1.29. The zero-order valence-corrected chi connectivity index (χ0v) is 22.7. The summed E-state index contributed by atoms with van der Waals surface area (Å²) < 4.78 is 21.4. The molecule has 0 aliphatic rings. The minimum Gasteiger partial charge on any atom is -0.497 e. The molecule has 0 aliphatic carbocycles. The molecule has 0 aliphatic heterocycles. The minimum atomic E-state index is -0.416. The van der Waals surface area contributed by atoms with Gasteiger partial charge in [0.15, 0.2) is 11.5 Å². The summed E-state index contributed by atoms with van der Waals surface area (Å²) in [6.07, 6.45) is 3.78. The van der Waals surface area contributed by atoms with E-state index in [1.165, 1.54) is 13.2 Å². The van der Waals surface area contributed by atoms with Gasteiger partial charge < -0.3 is 29.2 Å². The van der Waals surface area contributed by atoms with Crippen LogP contribution in [0.3, 0.4) is 0 Å². The van der Waals surface area contributed by atoms with E-state index in [2.05, 4.69) is 33.2 Å². The van der Waals surface area contributed by atoms with Crippen molar-refractivity contribution in [2.24, 2.45) is 0 Å². The number of ether oxygens (including phenoxy) is 4. The molecule has 204 valence electrons. The molecule has 2 N–H and O–H groups in total. The molecule has 5 rings (SSSR count). The van der Waals surface area contributed by atoms with Gasteiger partial charge in [-0.25, -0.2) is 9.78 Å². The monoisotopic (exact) mass is 537 g/mol. The highest BCUT2D eigenvalue weighted by molar-refractivity contribution is 6.11. The fourth-order valence-electron chi connectivity index (χ4n) is 4.50. The second-order valence-corrected chi connectivity index (χ2v) is 9.07. The molecule has 5 aromatic rings. The summed E-state index contributed by atoms with van der Waals surface area (Å²) in [4.78, 5) is 19.9. The van der Waals surface area contributed by atoms with Gasteiger partial charge in [-0.2, -0.15) is 0 Å². The van der Waals surface area contributed by atoms with Crippen LogP contribution < -0.4 is 19.5 Å². The van der Waals surface area contributed by atoms with Gasteiger partial charge >= 0.3 is 5.97 Å². The first-order valence-corrected chi connectivity index (χ1v) is 13.0. The van der Waals surface area contributed by atoms with Gasteiger partial charge in [0.1, 0.15) is 11.6 Å². The maximum absolute atomic E-state index is 11.4. The smallest absolute Gasteiger partial charge is 0.330 e. The van der Waals surface area contributed by atoms with Gasteiger partial charge in [0.2, 0.25) is 0 Å². The first-order valence-electron chi connectivity index (χ1n) is 13.0. The van der Waals surface area contributed by atoms with E-state index in [0.29, 0.717) is 24.7 Å². The van der Waals surface area contributed by atoms with Crippen LogP contribution in [0.15, 0.2) is 78.9 Å². The molecular weight excluding hydrogens is 506 g/mol. The number of esters is 1. The van der Waals surface area contributed by atoms with Crippen molar-refractivity contribution < 1.29 is 23.7 Å². The second kappa shape index (κ2) is 12.3. The topological polar surface area (TPSA) is 94.7 Å². The summed E-state index contributed by atoms with van der Waals surface area (Å²) in [6, 6.07) is 23.8. The first kappa shape index (κ1) is 26.6. The predicted molar refractivity (Wildman–Crippen MR) is 158 cm³/mol. The molecule has 0 spiro atoms. The number of aromatic amines is 1. The first-order chi connectivity index (χ1) is 19.6. The summed E-state index contributed by atoms with van der Waals surface area (Å²) >= 11 is 0. The number of aromatic nitrogens is 2. The molecule has 0 atom stereocenters. The third-order valence-electron chi connectivity index (χ3n) is 6.55. The van der Waals surface area contributed by atoms with Crippen molar-refractivity contribution >= 4 is 39.7 Å². The van der Waals surface area contributed by atoms with Crippen molar-refractivity contribution in [2.45, 2.75) is 6.42 Å². The number of pyridine rings is 1. The van der Waals surface area contributed by atoms with Crippen molar-refractivity contribution in [3.8, 4) is 28.5 Å². The van der Waals surface area contributed by atoms with E-state index in [1.54, 1.807) is 20.3 Å². The number of para-hydroxylation sites is 1. The maximum Gasteiger partial charge on any atom is 0.330 e. The van der Waals surface area contributed by atoms with Gasteiger partial charge in [-0.3, -0.25) is 0 Å². The molecule has 3 aromatic carbocycles. The Morgan fingerprint density at radius 1 is 0.925 bits per heavy atom. The van der Waals surface area contributed by atoms with Gasteiger partial charge in [0.05, 0.1) is 39.1 Å². The van der Waals surface area contributed by atoms with Crippen LogP contribution in [0.2, 0.25) is 0 Å². The normalized spacial score (nSPS) is 11.2. The van der Waals surface area contributed by atoms with E-state index in [0.717, 1.165) is 56.6 Å². The van der Waals surface area contributed by atoms with Gasteiger partial charge in [-0.15, -0.1) is 0 Å². The predicted octanol–water partition coefficient (Wildman–Crippen LogP) is 6.47. The molecule has 0 saturated carbocycles. The van der Waals surface area contributed by atoms with E-state index in [4.69, 9.17) is 19.2 Å². The molecule has 0 radical (unpaired) electrons. The Hall–Kier alpha value is -4.98. The molecule has 0 bridgehead atoms. The van der Waals surface area contributed by atoms with Crippen molar-refractivity contribution in [3.05, 3.63) is 84.4 Å². The van der Waals surface area contributed by atoms with E-state index < -0.39 is 5.97 Å². The third-order valence-corrected chi connectivity index (χ3v) is 6.55. The molecular formula is C32H31N3O5. The number of methoxy groups -OCH3 is 3. The quantitative estimate of drug-likeness (QED) is 0.113. The zero-order valence-electron chi connectivity index (χ0n) is 22.7. The second-order valence-electron chi connectivity index (χ2n) is 9.07. The Kier molecular flexibility index (Phi) is 8.15. The number of carbonyl (C=O) groups excluding carboxylic acids is 1. The maximum atomic E-state index is 11.4. The lowest BCUT2D eigenvalue weighted by Gasteiger charge is -2.13. The Morgan fingerprint density at radius 3 is 2.52 bits per heavy atom. The van der Waals surface area contributed by atoms with E-state index in [9.17, 15) is 4.79 Å². The zero-order chi connectivity index (χ0) is 27.9. The Morgan fingerprint density at radius 2 is 1.75 bits per heavy atom. The van der Waals surface area contributed by atoms with Gasteiger partial charge in [-0.1, -0.05) is 24.3 Å². The standard InChI is InChI=1S/C32H31N3O5/c1-37-23-13-11-22(12-14-23)31-32-25(24-7-4-5-8-26(24)34-32)20-29(35-31)33-17-6-18-40-27-15-9-21(19-28(27)38-2)10-16-30(36)39-3/h4-5,7-16,19-20,34H,6,17-18H2,1-3H3,(H,33,35)/b16-10+. The van der Waals surface area contributed by atoms with E-state index in [1.807, 2.05) is 54.6 Å². The highest BCUT2D eigenvalue weighted by atomic mass is 16.5. The molecule has 0 saturated heterocycles. The number of hydrogen-bond acceptors (Lipinski definition) is 7. The summed E-state index contributed by atoms with van der Waals surface area (Å²) in [6.45, 7) is 1.16. The number of carbonyl (C=O) groups is 1. The fraction of sp³-hybridized carbons (Fsp3) is 0.188. The van der Waals surface area contributed by atoms with Crippen LogP contribution in [0.1, 0.15) is 12.0 Å². The van der Waals surface area contributed by atoms with Crippen molar-refractivity contribution in [1.29, 1.82) is 0 Å². The Bertz CT molecular complexity index is 1660. The van der Waals surface area contributed by atoms with Crippen LogP contribution in [0.4, 0.5) is 5.82 Å². The number of hydrogen-bond donors (Lipinski definition) is 2. The van der Waals surface area contributed by atoms with Crippen LogP contribution in [-0.2, 0) is 9.53 Å². The molecule has 0 fully saturated rings. The number of nitrogens with zero attached hydrogens (tertiary/aromatic N) is 1. The van der Waals surface area contributed by atoms with Crippen molar-refractivity contribution in [2.75, 3.05) is 39.8 Å². The molecule has 8 heteroatoms. The third kappa shape index (κ3) is 5.86. The number of anilines is 1. The lowest BCUT2D eigenvalue weighted by atomic mass is 10.1. The highest BCUT2D eigenvalue weighted by Crippen LogP contribution is 2.34. The van der Waals surface area contributed by atoms with Gasteiger partial charge in [0, 0.05) is 34.5 Å². The van der Waals surface area contributed by atoms with E-state index in [-0.39, 0.29) is 0 Å². The largest absolute Gasteiger partial charge is 0.497 e. The average molecular weight is 538 g/mol. The molecule has 0 amide bonds. The lowest BCUT2D eigenvalue weighted by Crippen LogP contribution is -2.09. The molecule has 2 aromatic heterocycles.